The van der Waals surface area contributed by atoms with E-state index in [0.29, 0.717) is 36.8 Å². The molecule has 4 N–H and O–H groups in total. The van der Waals surface area contributed by atoms with Crippen LogP contribution < -0.4 is 25.4 Å². The highest BCUT2D eigenvalue weighted by Crippen LogP contribution is 2.33. The Labute approximate surface area is 192 Å². The van der Waals surface area contributed by atoms with Crippen LogP contribution in [0.5, 0.6) is 11.5 Å². The normalized spacial score (nSPS) is 10.8. The number of aromatic nitrogens is 4. The van der Waals surface area contributed by atoms with Crippen LogP contribution in [0.15, 0.2) is 67.3 Å². The lowest BCUT2D eigenvalue weighted by Crippen LogP contribution is -2.31. The van der Waals surface area contributed by atoms with Crippen molar-refractivity contribution in [3.63, 3.8) is 0 Å². The number of rotatable bonds is 10. The third-order valence-electron chi connectivity index (χ3n) is 5.14. The van der Waals surface area contributed by atoms with Crippen LogP contribution in [-0.2, 0) is 0 Å². The molecule has 2 aromatic carbocycles. The van der Waals surface area contributed by atoms with E-state index in [2.05, 4.69) is 32.0 Å². The highest BCUT2D eigenvalue weighted by Gasteiger charge is 2.14. The number of nitrogens with two attached hydrogens (primary N) is 1. The second kappa shape index (κ2) is 10.0. The first-order valence-corrected chi connectivity index (χ1v) is 10.5. The molecule has 2 heterocycles. The second-order valence-corrected chi connectivity index (χ2v) is 7.47. The molecule has 0 aliphatic rings. The number of ether oxygens (including phenoxy) is 2. The van der Waals surface area contributed by atoms with Crippen LogP contribution in [-0.4, -0.2) is 54.0 Å². The molecule has 9 nitrogen and oxygen atoms in total. The van der Waals surface area contributed by atoms with E-state index in [1.807, 2.05) is 36.4 Å². The molecule has 4 rings (SSSR count). The van der Waals surface area contributed by atoms with Gasteiger partial charge in [0.15, 0.2) is 0 Å². The smallest absolute Gasteiger partial charge is 0.124 e. The monoisotopic (exact) mass is 445 g/mol. The standard InChI is InChI=1S/C24H27N7O2/c1-16(25)12-26-6-7-31(19-8-20(32-2)11-21(9-19)33-3)18-4-5-22-23(10-18)30-24(15-27-22)17-13-28-29-14-17/h4-5,8-11,13-15,26H,1,6-7,12,25H2,2-3H3,(H,28,29). The van der Waals surface area contributed by atoms with E-state index < -0.39 is 0 Å². The molecule has 4 aromatic rings. The SMILES string of the molecule is C=C(N)CNCCN(c1cc(OC)cc(OC)c1)c1ccc2ncc(-c3cn[nH]c3)nc2c1. The van der Waals surface area contributed by atoms with E-state index in [0.717, 1.165) is 33.7 Å². The van der Waals surface area contributed by atoms with Gasteiger partial charge in [0, 0.05) is 66.7 Å². The van der Waals surface area contributed by atoms with E-state index in [-0.39, 0.29) is 0 Å². The Kier molecular flexibility index (Phi) is 6.70. The molecule has 0 saturated heterocycles. The van der Waals surface area contributed by atoms with Crippen molar-refractivity contribution in [2.45, 2.75) is 0 Å². The molecule has 0 aliphatic carbocycles. The van der Waals surface area contributed by atoms with Crippen molar-refractivity contribution >= 4 is 22.4 Å². The molecule has 0 fully saturated rings. The van der Waals surface area contributed by atoms with Crippen LogP contribution >= 0.6 is 0 Å². The summed E-state index contributed by atoms with van der Waals surface area (Å²) in [4.78, 5) is 11.5. The average molecular weight is 446 g/mol. The second-order valence-electron chi connectivity index (χ2n) is 7.47. The number of aromatic amines is 1. The molecular formula is C24H27N7O2. The van der Waals surface area contributed by atoms with Crippen LogP contribution in [0.2, 0.25) is 0 Å². The molecule has 0 unspecified atom stereocenters. The van der Waals surface area contributed by atoms with Gasteiger partial charge in [0.2, 0.25) is 0 Å². The summed E-state index contributed by atoms with van der Waals surface area (Å²) in [5.41, 5.74) is 11.4. The summed E-state index contributed by atoms with van der Waals surface area (Å²) in [6.45, 7) is 5.65. The fourth-order valence-electron chi connectivity index (χ4n) is 3.49. The fraction of sp³-hybridized carbons (Fsp3) is 0.208. The van der Waals surface area contributed by atoms with Crippen molar-refractivity contribution in [1.82, 2.24) is 25.5 Å². The van der Waals surface area contributed by atoms with E-state index >= 15 is 0 Å². The van der Waals surface area contributed by atoms with Gasteiger partial charge in [-0.25, -0.2) is 4.98 Å². The molecule has 0 radical (unpaired) electrons. The minimum atomic E-state index is 0.548. The first kappa shape index (κ1) is 22.1. The van der Waals surface area contributed by atoms with Crippen LogP contribution in [0.1, 0.15) is 0 Å². The number of fused-ring (bicyclic) bond motifs is 1. The molecule has 0 aliphatic heterocycles. The maximum atomic E-state index is 5.70. The Morgan fingerprint density at radius 1 is 1.06 bits per heavy atom. The van der Waals surface area contributed by atoms with Gasteiger partial charge in [-0.15, -0.1) is 0 Å². The van der Waals surface area contributed by atoms with E-state index in [9.17, 15) is 0 Å². The summed E-state index contributed by atoms with van der Waals surface area (Å²) in [6, 6.07) is 11.8. The highest BCUT2D eigenvalue weighted by molar-refractivity contribution is 5.82. The maximum Gasteiger partial charge on any atom is 0.124 e. The van der Waals surface area contributed by atoms with Gasteiger partial charge in [0.1, 0.15) is 11.5 Å². The Balaban J connectivity index is 1.73. The van der Waals surface area contributed by atoms with Crippen molar-refractivity contribution in [2.24, 2.45) is 5.73 Å². The van der Waals surface area contributed by atoms with Crippen molar-refractivity contribution in [3.8, 4) is 22.8 Å². The number of H-pyrrole nitrogens is 1. The predicted octanol–water partition coefficient (Wildman–Crippen LogP) is 3.24. The molecule has 2 aromatic heterocycles. The number of benzene rings is 2. The molecule has 170 valence electrons. The van der Waals surface area contributed by atoms with E-state index in [1.54, 1.807) is 32.8 Å². The van der Waals surface area contributed by atoms with Gasteiger partial charge in [0.05, 0.1) is 43.3 Å². The largest absolute Gasteiger partial charge is 0.497 e. The van der Waals surface area contributed by atoms with Crippen LogP contribution in [0.25, 0.3) is 22.3 Å². The number of nitrogens with zero attached hydrogens (tertiary/aromatic N) is 4. The van der Waals surface area contributed by atoms with Gasteiger partial charge in [-0.3, -0.25) is 10.1 Å². The number of hydrogen-bond donors (Lipinski definition) is 3. The topological polar surface area (TPSA) is 114 Å². The summed E-state index contributed by atoms with van der Waals surface area (Å²) >= 11 is 0. The third kappa shape index (κ3) is 5.21. The van der Waals surface area contributed by atoms with Gasteiger partial charge >= 0.3 is 0 Å². The summed E-state index contributed by atoms with van der Waals surface area (Å²) in [5.74, 6) is 1.42. The predicted molar refractivity (Wildman–Crippen MR) is 130 cm³/mol. The minimum Gasteiger partial charge on any atom is -0.497 e. The summed E-state index contributed by atoms with van der Waals surface area (Å²) in [7, 11) is 3.28. The van der Waals surface area contributed by atoms with Gasteiger partial charge in [-0.2, -0.15) is 5.10 Å². The number of hydrogen-bond acceptors (Lipinski definition) is 8. The summed E-state index contributed by atoms with van der Waals surface area (Å²) in [6.07, 6.45) is 5.28. The lowest BCUT2D eigenvalue weighted by molar-refractivity contribution is 0.394. The van der Waals surface area contributed by atoms with Gasteiger partial charge in [-0.1, -0.05) is 6.58 Å². The molecule has 0 bridgehead atoms. The zero-order chi connectivity index (χ0) is 23.2. The first-order valence-electron chi connectivity index (χ1n) is 10.5. The quantitative estimate of drug-likeness (QED) is 0.319. The molecule has 0 spiro atoms. The van der Waals surface area contributed by atoms with Crippen LogP contribution in [0.4, 0.5) is 11.4 Å². The molecule has 0 saturated carbocycles. The highest BCUT2D eigenvalue weighted by atomic mass is 16.5. The number of methoxy groups -OCH3 is 2. The molecule has 9 heteroatoms. The molecule has 33 heavy (non-hydrogen) atoms. The van der Waals surface area contributed by atoms with Crippen molar-refractivity contribution in [2.75, 3.05) is 38.8 Å². The van der Waals surface area contributed by atoms with Crippen LogP contribution in [0.3, 0.4) is 0 Å². The van der Waals surface area contributed by atoms with E-state index in [4.69, 9.17) is 20.2 Å². The zero-order valence-electron chi connectivity index (χ0n) is 18.7. The zero-order valence-corrected chi connectivity index (χ0v) is 18.7. The Hall–Kier alpha value is -4.11. The molecule has 0 amide bonds. The van der Waals surface area contributed by atoms with Crippen molar-refractivity contribution < 1.29 is 9.47 Å². The van der Waals surface area contributed by atoms with E-state index in [1.165, 1.54) is 0 Å². The lowest BCUT2D eigenvalue weighted by atomic mass is 10.2. The average Bonchev–Trinajstić information content (AvgIpc) is 3.38. The maximum absolute atomic E-state index is 5.70. The fourth-order valence-corrected chi connectivity index (χ4v) is 3.49. The van der Waals surface area contributed by atoms with Crippen molar-refractivity contribution in [3.05, 3.63) is 67.3 Å². The first-order chi connectivity index (χ1) is 16.1. The Bertz CT molecular complexity index is 1220. The summed E-state index contributed by atoms with van der Waals surface area (Å²) < 4.78 is 11.0. The molecule has 0 atom stereocenters. The van der Waals surface area contributed by atoms with Gasteiger partial charge < -0.3 is 25.4 Å². The van der Waals surface area contributed by atoms with Crippen molar-refractivity contribution in [1.29, 1.82) is 0 Å². The Morgan fingerprint density at radius 3 is 2.52 bits per heavy atom. The minimum absolute atomic E-state index is 0.548. The summed E-state index contributed by atoms with van der Waals surface area (Å²) in [5, 5.41) is 10.1. The Morgan fingerprint density at radius 2 is 1.85 bits per heavy atom. The van der Waals surface area contributed by atoms with Gasteiger partial charge in [-0.05, 0) is 18.2 Å². The third-order valence-corrected chi connectivity index (χ3v) is 5.14. The molecular weight excluding hydrogens is 418 g/mol. The van der Waals surface area contributed by atoms with Gasteiger partial charge in [0.25, 0.3) is 0 Å². The number of nitrogens with one attached hydrogen (secondary N) is 2. The lowest BCUT2D eigenvalue weighted by Gasteiger charge is -2.26. The number of anilines is 2. The van der Waals surface area contributed by atoms with Crippen LogP contribution in [0, 0.1) is 0 Å².